The fourth-order valence-electron chi connectivity index (χ4n) is 4.61. The van der Waals surface area contributed by atoms with Gasteiger partial charge in [0.25, 0.3) is 0 Å². The third-order valence-corrected chi connectivity index (χ3v) is 6.37. The summed E-state index contributed by atoms with van der Waals surface area (Å²) in [5.74, 6) is 1.84. The summed E-state index contributed by atoms with van der Waals surface area (Å²) in [4.78, 5) is 0. The fraction of sp³-hybridized carbons (Fsp3) is 0.333. The Kier molecular flexibility index (Phi) is 6.02. The van der Waals surface area contributed by atoms with Crippen molar-refractivity contribution in [3.05, 3.63) is 71.8 Å². The van der Waals surface area contributed by atoms with E-state index in [1.165, 1.54) is 22.3 Å². The van der Waals surface area contributed by atoms with Gasteiger partial charge in [-0.2, -0.15) is 0 Å². The monoisotopic (exact) mass is 425 g/mol. The molecule has 0 atom stereocenters. The van der Waals surface area contributed by atoms with Gasteiger partial charge in [0.05, 0.1) is 0 Å². The Bertz CT molecular complexity index is 1050. The molecule has 32 heavy (non-hydrogen) atoms. The Hall–Kier alpha value is -3.02. The number of rotatable bonds is 5. The van der Waals surface area contributed by atoms with Gasteiger partial charge in [-0.1, -0.05) is 60.7 Å². The van der Waals surface area contributed by atoms with E-state index >= 15 is 0 Å². The van der Waals surface area contributed by atoms with Crippen LogP contribution in [0.1, 0.15) is 43.9 Å². The van der Waals surface area contributed by atoms with Gasteiger partial charge >= 0.3 is 0 Å². The summed E-state index contributed by atoms with van der Waals surface area (Å²) >= 11 is 0. The molecule has 0 bridgehead atoms. The fourth-order valence-corrected chi connectivity index (χ4v) is 4.61. The van der Waals surface area contributed by atoms with E-state index in [1.807, 2.05) is 0 Å². The molecule has 0 unspecified atom stereocenters. The summed E-state index contributed by atoms with van der Waals surface area (Å²) in [5, 5.41) is 16.0. The molecular formula is C27H31N5. The summed E-state index contributed by atoms with van der Waals surface area (Å²) in [7, 11) is 0. The highest BCUT2D eigenvalue weighted by Crippen LogP contribution is 2.31. The lowest BCUT2D eigenvalue weighted by molar-refractivity contribution is 0.610. The summed E-state index contributed by atoms with van der Waals surface area (Å²) < 4.78 is 2.25. The molecule has 5 rings (SSSR count). The maximum Gasteiger partial charge on any atom is 0.164 e. The van der Waals surface area contributed by atoms with Crippen LogP contribution in [0.2, 0.25) is 0 Å². The highest BCUT2D eigenvalue weighted by Gasteiger charge is 2.18. The van der Waals surface area contributed by atoms with E-state index in [0.29, 0.717) is 0 Å². The molecule has 0 amide bonds. The summed E-state index contributed by atoms with van der Waals surface area (Å²) in [6.07, 6.45) is 6.73. The zero-order valence-electron chi connectivity index (χ0n) is 18.9. The van der Waals surface area contributed by atoms with Gasteiger partial charge in [0.1, 0.15) is 0 Å². The molecule has 2 aliphatic rings. The van der Waals surface area contributed by atoms with Gasteiger partial charge < -0.3 is 15.2 Å². The van der Waals surface area contributed by atoms with Crippen molar-refractivity contribution in [1.29, 1.82) is 0 Å². The van der Waals surface area contributed by atoms with Crippen LogP contribution in [0.3, 0.4) is 0 Å². The SMILES string of the molecule is CC(C)n1c(-c2ccc(C3=CCNCC3)cc2)nnc1-c1ccc(C2=CCNCC2)cc1. The first-order valence-corrected chi connectivity index (χ1v) is 11.7. The van der Waals surface area contributed by atoms with Crippen LogP contribution in [-0.4, -0.2) is 40.9 Å². The molecule has 0 spiro atoms. The minimum atomic E-state index is 0.258. The second-order valence-corrected chi connectivity index (χ2v) is 8.83. The van der Waals surface area contributed by atoms with Crippen molar-refractivity contribution in [3.63, 3.8) is 0 Å². The number of nitrogens with one attached hydrogen (secondary N) is 2. The molecule has 0 saturated heterocycles. The van der Waals surface area contributed by atoms with Crippen molar-refractivity contribution in [3.8, 4) is 22.8 Å². The average Bonchev–Trinajstić information content (AvgIpc) is 3.31. The van der Waals surface area contributed by atoms with Gasteiger partial charge in [0.15, 0.2) is 11.6 Å². The molecule has 0 fully saturated rings. The molecule has 0 radical (unpaired) electrons. The van der Waals surface area contributed by atoms with Crippen LogP contribution in [0.15, 0.2) is 60.7 Å². The van der Waals surface area contributed by atoms with Crippen LogP contribution < -0.4 is 10.6 Å². The number of nitrogens with zero attached hydrogens (tertiary/aromatic N) is 3. The Morgan fingerprint density at radius 2 is 1.06 bits per heavy atom. The van der Waals surface area contributed by atoms with Crippen LogP contribution in [-0.2, 0) is 0 Å². The number of aromatic nitrogens is 3. The average molecular weight is 426 g/mol. The normalized spacial score (nSPS) is 16.7. The summed E-state index contributed by atoms with van der Waals surface area (Å²) in [6.45, 7) is 8.39. The van der Waals surface area contributed by atoms with Gasteiger partial charge in [0, 0.05) is 30.3 Å². The largest absolute Gasteiger partial charge is 0.313 e. The molecule has 2 N–H and O–H groups in total. The summed E-state index contributed by atoms with van der Waals surface area (Å²) in [5.41, 5.74) is 7.65. The third kappa shape index (κ3) is 4.18. The smallest absolute Gasteiger partial charge is 0.164 e. The lowest BCUT2D eigenvalue weighted by Crippen LogP contribution is -2.19. The predicted octanol–water partition coefficient (Wildman–Crippen LogP) is 4.95. The second-order valence-electron chi connectivity index (χ2n) is 8.83. The van der Waals surface area contributed by atoms with E-state index in [9.17, 15) is 0 Å². The maximum atomic E-state index is 4.61. The van der Waals surface area contributed by atoms with Gasteiger partial charge in [0.2, 0.25) is 0 Å². The van der Waals surface area contributed by atoms with Crippen LogP contribution in [0.25, 0.3) is 33.9 Å². The molecular weight excluding hydrogens is 394 g/mol. The zero-order valence-corrected chi connectivity index (χ0v) is 18.9. The number of benzene rings is 2. The van der Waals surface area contributed by atoms with Gasteiger partial charge in [-0.25, -0.2) is 0 Å². The molecule has 2 aromatic carbocycles. The van der Waals surface area contributed by atoms with Crippen LogP contribution in [0, 0.1) is 0 Å². The Labute approximate surface area is 190 Å². The highest BCUT2D eigenvalue weighted by atomic mass is 15.3. The van der Waals surface area contributed by atoms with Gasteiger partial charge in [-0.3, -0.25) is 0 Å². The van der Waals surface area contributed by atoms with Gasteiger partial charge in [-0.15, -0.1) is 10.2 Å². The van der Waals surface area contributed by atoms with E-state index in [4.69, 9.17) is 0 Å². The van der Waals surface area contributed by atoms with Crippen molar-refractivity contribution in [2.45, 2.75) is 32.7 Å². The lowest BCUT2D eigenvalue weighted by atomic mass is 9.98. The molecule has 0 saturated carbocycles. The van der Waals surface area contributed by atoms with Crippen molar-refractivity contribution < 1.29 is 0 Å². The van der Waals surface area contributed by atoms with E-state index in [1.54, 1.807) is 0 Å². The lowest BCUT2D eigenvalue weighted by Gasteiger charge is -2.17. The number of hydrogen-bond acceptors (Lipinski definition) is 4. The maximum absolute atomic E-state index is 4.61. The Balaban J connectivity index is 1.45. The molecule has 5 nitrogen and oxygen atoms in total. The van der Waals surface area contributed by atoms with Crippen molar-refractivity contribution in [1.82, 2.24) is 25.4 Å². The highest BCUT2D eigenvalue weighted by molar-refractivity contribution is 5.72. The van der Waals surface area contributed by atoms with Crippen molar-refractivity contribution in [2.75, 3.05) is 26.2 Å². The minimum Gasteiger partial charge on any atom is -0.313 e. The second kappa shape index (κ2) is 9.23. The molecule has 0 aliphatic carbocycles. The zero-order chi connectivity index (χ0) is 21.9. The van der Waals surface area contributed by atoms with Crippen molar-refractivity contribution in [2.24, 2.45) is 0 Å². The van der Waals surface area contributed by atoms with Crippen molar-refractivity contribution >= 4 is 11.1 Å². The van der Waals surface area contributed by atoms with E-state index in [0.717, 1.165) is 61.8 Å². The molecule has 3 aromatic rings. The first-order chi connectivity index (χ1) is 15.7. The Morgan fingerprint density at radius 1 is 0.656 bits per heavy atom. The third-order valence-electron chi connectivity index (χ3n) is 6.37. The molecule has 5 heteroatoms. The first-order valence-electron chi connectivity index (χ1n) is 11.7. The first kappa shape index (κ1) is 20.9. The minimum absolute atomic E-state index is 0.258. The van der Waals surface area contributed by atoms with Gasteiger partial charge in [-0.05, 0) is 62.1 Å². The summed E-state index contributed by atoms with van der Waals surface area (Å²) in [6, 6.07) is 17.8. The van der Waals surface area contributed by atoms with E-state index in [-0.39, 0.29) is 6.04 Å². The quantitative estimate of drug-likeness (QED) is 0.608. The topological polar surface area (TPSA) is 54.8 Å². The molecule has 164 valence electrons. The number of hydrogen-bond donors (Lipinski definition) is 2. The molecule has 2 aliphatic heterocycles. The molecule has 3 heterocycles. The predicted molar refractivity (Wildman–Crippen MR) is 132 cm³/mol. The Morgan fingerprint density at radius 3 is 1.41 bits per heavy atom. The van der Waals surface area contributed by atoms with E-state index in [2.05, 4.69) is 99.9 Å². The molecule has 1 aromatic heterocycles. The van der Waals surface area contributed by atoms with E-state index < -0.39 is 0 Å². The van der Waals surface area contributed by atoms with Crippen LogP contribution in [0.4, 0.5) is 0 Å². The van der Waals surface area contributed by atoms with Crippen LogP contribution in [0.5, 0.6) is 0 Å². The standard InChI is InChI=1S/C27H31N5/c1-19(2)32-26(24-7-3-20(4-8-24)22-11-15-28-16-12-22)30-31-27(32)25-9-5-21(6-10-25)23-13-17-29-18-14-23/h3-11,13,19,28-29H,12,14-18H2,1-2H3. The van der Waals surface area contributed by atoms with Crippen LogP contribution >= 0.6 is 0 Å².